The number of nitrogens with two attached hydrogens (primary N) is 1. The first-order chi connectivity index (χ1) is 7.34. The zero-order valence-corrected chi connectivity index (χ0v) is 11.8. The van der Waals surface area contributed by atoms with E-state index in [-0.39, 0.29) is 5.41 Å². The van der Waals surface area contributed by atoms with Crippen LogP contribution in [0.3, 0.4) is 0 Å². The van der Waals surface area contributed by atoms with Gasteiger partial charge in [0.05, 0.1) is 10.7 Å². The number of aromatic nitrogens is 1. The Morgan fingerprint density at radius 2 is 2.00 bits per heavy atom. The molecule has 0 aliphatic carbocycles. The van der Waals surface area contributed by atoms with Crippen molar-refractivity contribution in [3.8, 4) is 0 Å². The molecule has 0 spiro atoms. The lowest BCUT2D eigenvalue weighted by Gasteiger charge is -2.28. The first-order valence-corrected chi connectivity index (χ1v) is 6.47. The molecule has 1 aromatic heterocycles. The maximum atomic E-state index is 5.75. The minimum Gasteiger partial charge on any atom is -0.330 e. The quantitative estimate of drug-likeness (QED) is 0.859. The van der Waals surface area contributed by atoms with Crippen molar-refractivity contribution in [1.29, 1.82) is 0 Å². The van der Waals surface area contributed by atoms with Crippen molar-refractivity contribution < 1.29 is 0 Å². The van der Waals surface area contributed by atoms with Gasteiger partial charge in [-0.2, -0.15) is 0 Å². The Labute approximate surface area is 103 Å². The molecule has 3 nitrogen and oxygen atoms in total. The molecule has 0 fully saturated rings. The van der Waals surface area contributed by atoms with E-state index in [2.05, 4.69) is 44.6 Å². The van der Waals surface area contributed by atoms with Gasteiger partial charge in [0, 0.05) is 18.0 Å². The van der Waals surface area contributed by atoms with Crippen molar-refractivity contribution in [2.45, 2.75) is 34.2 Å². The lowest BCUT2D eigenvalue weighted by molar-refractivity contribution is 0.211. The average molecular weight is 241 g/mol. The predicted molar refractivity (Wildman–Crippen MR) is 70.8 cm³/mol. The normalized spacial score (nSPS) is 12.4. The molecule has 0 radical (unpaired) electrons. The van der Waals surface area contributed by atoms with E-state index in [4.69, 9.17) is 5.73 Å². The van der Waals surface area contributed by atoms with Crippen LogP contribution in [0.5, 0.6) is 0 Å². The second-order valence-electron chi connectivity index (χ2n) is 5.28. The van der Waals surface area contributed by atoms with E-state index >= 15 is 0 Å². The molecular formula is C12H23N3S. The number of rotatable bonds is 5. The molecule has 2 N–H and O–H groups in total. The molecule has 0 aromatic carbocycles. The van der Waals surface area contributed by atoms with Crippen molar-refractivity contribution in [3.63, 3.8) is 0 Å². The van der Waals surface area contributed by atoms with Crippen LogP contribution in [0.25, 0.3) is 0 Å². The molecular weight excluding hydrogens is 218 g/mol. The molecule has 0 atom stereocenters. The Bertz CT molecular complexity index is 344. The molecule has 0 aliphatic rings. The maximum absolute atomic E-state index is 5.75. The zero-order valence-electron chi connectivity index (χ0n) is 11.0. The molecule has 4 heteroatoms. The summed E-state index contributed by atoms with van der Waals surface area (Å²) < 4.78 is 0. The number of hydrogen-bond acceptors (Lipinski definition) is 4. The summed E-state index contributed by atoms with van der Waals surface area (Å²) in [5, 5.41) is 1.15. The number of aryl methyl sites for hydroxylation is 2. The molecule has 1 aromatic rings. The molecule has 1 rings (SSSR count). The first kappa shape index (κ1) is 13.6. The molecule has 0 bridgehead atoms. The third kappa shape index (κ3) is 3.85. The average Bonchev–Trinajstić information content (AvgIpc) is 2.44. The van der Waals surface area contributed by atoms with Crippen molar-refractivity contribution in [1.82, 2.24) is 9.88 Å². The summed E-state index contributed by atoms with van der Waals surface area (Å²) in [6.45, 7) is 11.3. The molecule has 0 saturated heterocycles. The van der Waals surface area contributed by atoms with E-state index in [0.29, 0.717) is 0 Å². The van der Waals surface area contributed by atoms with E-state index in [9.17, 15) is 0 Å². The van der Waals surface area contributed by atoms with Gasteiger partial charge >= 0.3 is 0 Å². The molecule has 92 valence electrons. The van der Waals surface area contributed by atoms with E-state index in [1.165, 1.54) is 10.6 Å². The van der Waals surface area contributed by atoms with Gasteiger partial charge < -0.3 is 10.6 Å². The lowest BCUT2D eigenvalue weighted by atomic mass is 9.93. The van der Waals surface area contributed by atoms with Crippen molar-refractivity contribution >= 4 is 11.3 Å². The second kappa shape index (κ2) is 5.25. The molecule has 16 heavy (non-hydrogen) atoms. The van der Waals surface area contributed by atoms with Gasteiger partial charge in [0.1, 0.15) is 0 Å². The molecule has 0 amide bonds. The smallest absolute Gasteiger partial charge is 0.0900 e. The summed E-state index contributed by atoms with van der Waals surface area (Å²) in [7, 11) is 2.14. The topological polar surface area (TPSA) is 42.2 Å². The Kier molecular flexibility index (Phi) is 4.47. The highest BCUT2D eigenvalue weighted by Crippen LogP contribution is 2.21. The highest BCUT2D eigenvalue weighted by molar-refractivity contribution is 7.11. The van der Waals surface area contributed by atoms with Gasteiger partial charge in [-0.3, -0.25) is 0 Å². The predicted octanol–water partition coefficient (Wildman–Crippen LogP) is 2.18. The van der Waals surface area contributed by atoms with Crippen LogP contribution in [0.2, 0.25) is 0 Å². The summed E-state index contributed by atoms with van der Waals surface area (Å²) in [5.41, 5.74) is 7.10. The SMILES string of the molecule is Cc1nc(C)c(CN(C)CC(C)(C)CN)s1. The summed E-state index contributed by atoms with van der Waals surface area (Å²) in [6.07, 6.45) is 0. The van der Waals surface area contributed by atoms with Crippen LogP contribution in [0.4, 0.5) is 0 Å². The largest absolute Gasteiger partial charge is 0.330 e. The van der Waals surface area contributed by atoms with E-state index in [1.807, 2.05) is 0 Å². The van der Waals surface area contributed by atoms with E-state index in [0.717, 1.165) is 24.6 Å². The van der Waals surface area contributed by atoms with Crippen LogP contribution in [-0.4, -0.2) is 30.0 Å². The monoisotopic (exact) mass is 241 g/mol. The zero-order chi connectivity index (χ0) is 12.3. The van der Waals surface area contributed by atoms with Crippen LogP contribution in [-0.2, 0) is 6.54 Å². The molecule has 1 heterocycles. The number of thiazole rings is 1. The van der Waals surface area contributed by atoms with Gasteiger partial charge in [0.25, 0.3) is 0 Å². The highest BCUT2D eigenvalue weighted by atomic mass is 32.1. The fourth-order valence-electron chi connectivity index (χ4n) is 1.82. The van der Waals surface area contributed by atoms with Gasteiger partial charge in [0.2, 0.25) is 0 Å². The van der Waals surface area contributed by atoms with Crippen molar-refractivity contribution in [2.24, 2.45) is 11.1 Å². The summed E-state index contributed by atoms with van der Waals surface area (Å²) in [6, 6.07) is 0. The third-order valence-corrected chi connectivity index (χ3v) is 3.72. The number of hydrogen-bond donors (Lipinski definition) is 1. The van der Waals surface area contributed by atoms with Crippen LogP contribution in [0, 0.1) is 19.3 Å². The van der Waals surface area contributed by atoms with Crippen molar-refractivity contribution in [3.05, 3.63) is 15.6 Å². The van der Waals surface area contributed by atoms with Gasteiger partial charge in [-0.25, -0.2) is 4.98 Å². The van der Waals surface area contributed by atoms with Gasteiger partial charge in [-0.05, 0) is 32.9 Å². The van der Waals surface area contributed by atoms with Crippen LogP contribution in [0.15, 0.2) is 0 Å². The van der Waals surface area contributed by atoms with Gasteiger partial charge in [-0.1, -0.05) is 13.8 Å². The van der Waals surface area contributed by atoms with E-state index < -0.39 is 0 Å². The van der Waals surface area contributed by atoms with Gasteiger partial charge in [-0.15, -0.1) is 11.3 Å². The van der Waals surface area contributed by atoms with Crippen LogP contribution in [0.1, 0.15) is 29.4 Å². The van der Waals surface area contributed by atoms with E-state index in [1.54, 1.807) is 11.3 Å². The third-order valence-electron chi connectivity index (χ3n) is 2.66. The maximum Gasteiger partial charge on any atom is 0.0900 e. The van der Waals surface area contributed by atoms with Crippen LogP contribution >= 0.6 is 11.3 Å². The Balaban J connectivity index is 2.58. The standard InChI is InChI=1S/C12H23N3S/c1-9-11(16-10(2)14-9)6-15(5)8-12(3,4)7-13/h6-8,13H2,1-5H3. The molecule has 0 aliphatic heterocycles. The molecule has 0 saturated carbocycles. The fraction of sp³-hybridized carbons (Fsp3) is 0.750. The summed E-state index contributed by atoms with van der Waals surface area (Å²) in [4.78, 5) is 8.14. The second-order valence-corrected chi connectivity index (χ2v) is 6.57. The minimum absolute atomic E-state index is 0.183. The lowest BCUT2D eigenvalue weighted by Crippen LogP contribution is -2.36. The number of nitrogens with zero attached hydrogens (tertiary/aromatic N) is 2. The summed E-state index contributed by atoms with van der Waals surface area (Å²) in [5.74, 6) is 0. The summed E-state index contributed by atoms with van der Waals surface area (Å²) >= 11 is 1.79. The van der Waals surface area contributed by atoms with Crippen molar-refractivity contribution in [2.75, 3.05) is 20.1 Å². The Morgan fingerprint density at radius 3 is 2.44 bits per heavy atom. The molecule has 0 unspecified atom stereocenters. The van der Waals surface area contributed by atoms with Gasteiger partial charge in [0.15, 0.2) is 0 Å². The van der Waals surface area contributed by atoms with Crippen LogP contribution < -0.4 is 5.73 Å². The Hall–Kier alpha value is -0.450. The highest BCUT2D eigenvalue weighted by Gasteiger charge is 2.19. The first-order valence-electron chi connectivity index (χ1n) is 5.65. The fourth-order valence-corrected chi connectivity index (χ4v) is 2.83. The minimum atomic E-state index is 0.183. The Morgan fingerprint density at radius 1 is 1.38 bits per heavy atom.